The Kier molecular flexibility index (Phi) is 2.86. The lowest BCUT2D eigenvalue weighted by atomic mass is 10.2. The van der Waals surface area contributed by atoms with Gasteiger partial charge < -0.3 is 4.90 Å². The van der Waals surface area contributed by atoms with Crippen molar-refractivity contribution in [3.05, 3.63) is 22.7 Å². The lowest BCUT2D eigenvalue weighted by Crippen LogP contribution is -2.24. The molecule has 80 valence electrons. The number of thiazole rings is 1. The van der Waals surface area contributed by atoms with Crippen molar-refractivity contribution in [2.24, 2.45) is 0 Å². The number of likely N-dealkylation sites (tertiary alicyclic amines) is 1. The number of hydrogen-bond acceptors (Lipinski definition) is 4. The van der Waals surface area contributed by atoms with Crippen molar-refractivity contribution < 1.29 is 4.79 Å². The molecule has 0 saturated carbocycles. The summed E-state index contributed by atoms with van der Waals surface area (Å²) in [7, 11) is 0. The minimum Gasteiger partial charge on any atom is -0.368 e. The second-order valence-electron chi connectivity index (χ2n) is 3.82. The van der Waals surface area contributed by atoms with Crippen LogP contribution < -0.4 is 0 Å². The first-order valence-corrected chi connectivity index (χ1v) is 5.97. The quantitative estimate of drug-likeness (QED) is 0.736. The van der Waals surface area contributed by atoms with Crippen LogP contribution in [0.15, 0.2) is 12.0 Å². The normalized spacial score (nSPS) is 20.6. The van der Waals surface area contributed by atoms with Crippen molar-refractivity contribution in [3.8, 4) is 0 Å². The zero-order valence-electron chi connectivity index (χ0n) is 8.77. The lowest BCUT2D eigenvalue weighted by Gasteiger charge is -2.24. The molecule has 0 N–H and O–H groups in total. The second kappa shape index (κ2) is 4.14. The highest BCUT2D eigenvalue weighted by Gasteiger charge is 2.23. The Morgan fingerprint density at radius 2 is 2.60 bits per heavy atom. The molecule has 0 bridgehead atoms. The first-order valence-electron chi connectivity index (χ1n) is 5.09. The van der Waals surface area contributed by atoms with E-state index in [1.54, 1.807) is 0 Å². The van der Waals surface area contributed by atoms with Gasteiger partial charge in [0.1, 0.15) is 0 Å². The van der Waals surface area contributed by atoms with Crippen LogP contribution in [0.5, 0.6) is 0 Å². The number of aromatic nitrogens is 1. The van der Waals surface area contributed by atoms with Crippen molar-refractivity contribution in [3.63, 3.8) is 0 Å². The molecular formula is C11H14N2OS. The molecule has 1 aromatic heterocycles. The highest BCUT2D eigenvalue weighted by molar-refractivity contribution is 7.11. The summed E-state index contributed by atoms with van der Waals surface area (Å²) in [4.78, 5) is 17.0. The largest absolute Gasteiger partial charge is 0.368 e. The highest BCUT2D eigenvalue weighted by atomic mass is 32.1. The Bertz CT molecular complexity index is 386. The first kappa shape index (κ1) is 10.4. The molecule has 1 aromatic rings. The van der Waals surface area contributed by atoms with E-state index in [-0.39, 0.29) is 0 Å². The van der Waals surface area contributed by atoms with E-state index < -0.39 is 0 Å². The van der Waals surface area contributed by atoms with E-state index in [1.165, 1.54) is 24.2 Å². The van der Waals surface area contributed by atoms with Crippen molar-refractivity contribution in [1.82, 2.24) is 9.88 Å². The van der Waals surface area contributed by atoms with Crippen molar-refractivity contribution in [2.45, 2.75) is 25.8 Å². The summed E-state index contributed by atoms with van der Waals surface area (Å²) in [6, 6.07) is 0.541. The maximum absolute atomic E-state index is 10.5. The molecule has 0 aliphatic carbocycles. The SMILES string of the molecule is C=C(c1csc(C=O)n1)N1CCC[C@@H]1C. The van der Waals surface area contributed by atoms with Crippen molar-refractivity contribution in [1.29, 1.82) is 0 Å². The third-order valence-corrected chi connectivity index (χ3v) is 3.59. The van der Waals surface area contributed by atoms with E-state index in [2.05, 4.69) is 23.4 Å². The topological polar surface area (TPSA) is 33.2 Å². The standard InChI is InChI=1S/C11H14N2OS/c1-8-4-3-5-13(8)9(2)10-7-15-11(6-14)12-10/h6-8H,2-5H2,1H3/t8-/m0/s1. The zero-order chi connectivity index (χ0) is 10.8. The van der Waals surface area contributed by atoms with Crippen LogP contribution >= 0.6 is 11.3 Å². The fourth-order valence-electron chi connectivity index (χ4n) is 1.96. The molecule has 4 heteroatoms. The molecule has 2 heterocycles. The van der Waals surface area contributed by atoms with Crippen LogP contribution in [0.25, 0.3) is 5.70 Å². The minimum atomic E-state index is 0.526. The van der Waals surface area contributed by atoms with Gasteiger partial charge in [-0.25, -0.2) is 4.98 Å². The van der Waals surface area contributed by atoms with Gasteiger partial charge >= 0.3 is 0 Å². The van der Waals surface area contributed by atoms with Gasteiger partial charge in [-0.3, -0.25) is 4.79 Å². The van der Waals surface area contributed by atoms with Gasteiger partial charge in [-0.15, -0.1) is 11.3 Å². The summed E-state index contributed by atoms with van der Waals surface area (Å²) >= 11 is 1.37. The average Bonchev–Trinajstić information content (AvgIpc) is 2.84. The summed E-state index contributed by atoms with van der Waals surface area (Å²) in [5.41, 5.74) is 1.79. The predicted molar refractivity (Wildman–Crippen MR) is 61.9 cm³/mol. The number of aldehydes is 1. The van der Waals surface area contributed by atoms with Gasteiger partial charge in [-0.1, -0.05) is 6.58 Å². The summed E-state index contributed by atoms with van der Waals surface area (Å²) in [6.07, 6.45) is 3.21. The molecule has 2 rings (SSSR count). The highest BCUT2D eigenvalue weighted by Crippen LogP contribution is 2.27. The molecule has 0 aromatic carbocycles. The average molecular weight is 222 g/mol. The smallest absolute Gasteiger partial charge is 0.178 e. The van der Waals surface area contributed by atoms with Gasteiger partial charge in [0.25, 0.3) is 0 Å². The van der Waals surface area contributed by atoms with E-state index in [0.29, 0.717) is 11.0 Å². The Balaban J connectivity index is 2.16. The zero-order valence-corrected chi connectivity index (χ0v) is 9.59. The molecule has 1 fully saturated rings. The van der Waals surface area contributed by atoms with Crippen LogP contribution in [0.3, 0.4) is 0 Å². The molecular weight excluding hydrogens is 208 g/mol. The number of rotatable bonds is 3. The van der Waals surface area contributed by atoms with E-state index >= 15 is 0 Å². The molecule has 1 atom stereocenters. The van der Waals surface area contributed by atoms with E-state index in [1.807, 2.05) is 5.38 Å². The number of carbonyl (C=O) groups is 1. The Morgan fingerprint density at radius 1 is 1.80 bits per heavy atom. The van der Waals surface area contributed by atoms with Crippen LogP contribution in [0.1, 0.15) is 35.3 Å². The third kappa shape index (κ3) is 1.95. The fraction of sp³-hybridized carbons (Fsp3) is 0.455. The van der Waals surface area contributed by atoms with Gasteiger partial charge in [-0.2, -0.15) is 0 Å². The van der Waals surface area contributed by atoms with Crippen LogP contribution in [0.4, 0.5) is 0 Å². The summed E-state index contributed by atoms with van der Waals surface area (Å²) < 4.78 is 0. The van der Waals surface area contributed by atoms with E-state index in [4.69, 9.17) is 0 Å². The van der Waals surface area contributed by atoms with E-state index in [9.17, 15) is 4.79 Å². The Hall–Kier alpha value is -1.16. The van der Waals surface area contributed by atoms with Crippen LogP contribution in [-0.2, 0) is 0 Å². The van der Waals surface area contributed by atoms with Gasteiger partial charge in [0.05, 0.1) is 11.4 Å². The van der Waals surface area contributed by atoms with Crippen LogP contribution in [-0.4, -0.2) is 28.8 Å². The minimum absolute atomic E-state index is 0.526. The van der Waals surface area contributed by atoms with Crippen LogP contribution in [0.2, 0.25) is 0 Å². The molecule has 15 heavy (non-hydrogen) atoms. The fourth-order valence-corrected chi connectivity index (χ4v) is 2.58. The van der Waals surface area contributed by atoms with Gasteiger partial charge in [0, 0.05) is 18.0 Å². The van der Waals surface area contributed by atoms with Gasteiger partial charge in [-0.05, 0) is 19.8 Å². The number of hydrogen-bond donors (Lipinski definition) is 0. The van der Waals surface area contributed by atoms with Crippen LogP contribution in [0, 0.1) is 0 Å². The summed E-state index contributed by atoms with van der Waals surface area (Å²) in [5, 5.41) is 2.43. The maximum atomic E-state index is 10.5. The van der Waals surface area contributed by atoms with Crippen molar-refractivity contribution in [2.75, 3.05) is 6.54 Å². The molecule has 3 nitrogen and oxygen atoms in total. The second-order valence-corrected chi connectivity index (χ2v) is 4.71. The summed E-state index contributed by atoms with van der Waals surface area (Å²) in [6.45, 7) is 7.31. The Labute approximate surface area is 93.4 Å². The number of nitrogens with zero attached hydrogens (tertiary/aromatic N) is 2. The predicted octanol–water partition coefficient (Wildman–Crippen LogP) is 2.41. The molecule has 1 aliphatic rings. The molecule has 0 unspecified atom stereocenters. The Morgan fingerprint density at radius 3 is 3.13 bits per heavy atom. The molecule has 1 saturated heterocycles. The molecule has 0 radical (unpaired) electrons. The van der Waals surface area contributed by atoms with Gasteiger partial charge in [0.2, 0.25) is 0 Å². The third-order valence-electron chi connectivity index (χ3n) is 2.82. The first-order chi connectivity index (χ1) is 7.22. The maximum Gasteiger partial charge on any atom is 0.178 e. The molecule has 0 spiro atoms. The van der Waals surface area contributed by atoms with Crippen molar-refractivity contribution >= 4 is 23.3 Å². The monoisotopic (exact) mass is 222 g/mol. The lowest BCUT2D eigenvalue weighted by molar-refractivity contribution is 0.112. The van der Waals surface area contributed by atoms with E-state index in [0.717, 1.165) is 24.2 Å². The number of carbonyl (C=O) groups excluding carboxylic acids is 1. The molecule has 0 amide bonds. The summed E-state index contributed by atoms with van der Waals surface area (Å²) in [5.74, 6) is 0. The molecule has 1 aliphatic heterocycles. The van der Waals surface area contributed by atoms with Gasteiger partial charge in [0.15, 0.2) is 11.3 Å².